The first kappa shape index (κ1) is 15.8. The molecular formula is C13H23Cl2N3. The van der Waals surface area contributed by atoms with Crippen molar-refractivity contribution in [2.75, 3.05) is 12.4 Å². The Morgan fingerprint density at radius 3 is 2.33 bits per heavy atom. The summed E-state index contributed by atoms with van der Waals surface area (Å²) in [6.45, 7) is 7.94. The van der Waals surface area contributed by atoms with E-state index < -0.39 is 0 Å². The van der Waals surface area contributed by atoms with Crippen molar-refractivity contribution in [1.82, 2.24) is 15.1 Å². The Kier molecular flexibility index (Phi) is 5.96. The van der Waals surface area contributed by atoms with Gasteiger partial charge in [-0.15, -0.1) is 11.6 Å². The maximum atomic E-state index is 6.22. The Morgan fingerprint density at radius 1 is 1.33 bits per heavy atom. The summed E-state index contributed by atoms with van der Waals surface area (Å²) in [4.78, 5) is 0. The van der Waals surface area contributed by atoms with Crippen molar-refractivity contribution in [2.45, 2.75) is 40.2 Å². The molecule has 0 unspecified atom stereocenters. The molecule has 1 aromatic heterocycles. The first-order chi connectivity index (χ1) is 8.49. The summed E-state index contributed by atoms with van der Waals surface area (Å²) in [6.07, 6.45) is 2.16. The average molecular weight is 292 g/mol. The van der Waals surface area contributed by atoms with Crippen LogP contribution in [0.15, 0.2) is 0 Å². The van der Waals surface area contributed by atoms with Crippen molar-refractivity contribution in [3.8, 4) is 0 Å². The predicted molar refractivity (Wildman–Crippen MR) is 78.4 cm³/mol. The minimum absolute atomic E-state index is 0.182. The van der Waals surface area contributed by atoms with Crippen molar-refractivity contribution >= 4 is 23.2 Å². The molecule has 104 valence electrons. The van der Waals surface area contributed by atoms with E-state index in [2.05, 4.69) is 24.3 Å². The number of aryl methyl sites for hydroxylation is 2. The molecule has 0 bridgehead atoms. The summed E-state index contributed by atoms with van der Waals surface area (Å²) in [6, 6.07) is 0. The molecule has 0 fully saturated rings. The van der Waals surface area contributed by atoms with E-state index in [4.69, 9.17) is 23.2 Å². The van der Waals surface area contributed by atoms with Crippen LogP contribution < -0.4 is 5.32 Å². The molecule has 18 heavy (non-hydrogen) atoms. The number of aromatic nitrogens is 2. The molecule has 0 aliphatic carbocycles. The van der Waals surface area contributed by atoms with E-state index in [0.29, 0.717) is 5.88 Å². The molecule has 3 nitrogen and oxygen atoms in total. The van der Waals surface area contributed by atoms with E-state index in [0.717, 1.165) is 42.3 Å². The molecule has 1 rings (SSSR count). The van der Waals surface area contributed by atoms with Crippen molar-refractivity contribution in [2.24, 2.45) is 12.5 Å². The number of alkyl halides is 1. The lowest BCUT2D eigenvalue weighted by Gasteiger charge is -2.29. The molecule has 1 N–H and O–H groups in total. The van der Waals surface area contributed by atoms with Gasteiger partial charge in [-0.2, -0.15) is 5.10 Å². The van der Waals surface area contributed by atoms with Crippen LogP contribution in [0.25, 0.3) is 0 Å². The third-order valence-corrected chi connectivity index (χ3v) is 4.90. The van der Waals surface area contributed by atoms with Crippen LogP contribution in [-0.4, -0.2) is 22.2 Å². The van der Waals surface area contributed by atoms with E-state index in [1.165, 1.54) is 0 Å². The summed E-state index contributed by atoms with van der Waals surface area (Å²) < 4.78 is 1.84. The molecule has 0 spiro atoms. The van der Waals surface area contributed by atoms with Crippen LogP contribution in [0.2, 0.25) is 5.02 Å². The highest BCUT2D eigenvalue weighted by Gasteiger charge is 2.24. The quantitative estimate of drug-likeness (QED) is 0.779. The summed E-state index contributed by atoms with van der Waals surface area (Å²) in [5.41, 5.74) is 2.09. The smallest absolute Gasteiger partial charge is 0.0860 e. The van der Waals surface area contributed by atoms with Crippen molar-refractivity contribution in [1.29, 1.82) is 0 Å². The summed E-state index contributed by atoms with van der Waals surface area (Å²) >= 11 is 12.3. The Morgan fingerprint density at radius 2 is 1.94 bits per heavy atom. The fourth-order valence-corrected chi connectivity index (χ4v) is 2.75. The minimum atomic E-state index is 0.182. The highest BCUT2D eigenvalue weighted by atomic mass is 35.5. The summed E-state index contributed by atoms with van der Waals surface area (Å²) in [5.74, 6) is 0.686. The highest BCUT2D eigenvalue weighted by molar-refractivity contribution is 6.31. The van der Waals surface area contributed by atoms with Gasteiger partial charge in [-0.1, -0.05) is 25.4 Å². The Hall–Kier alpha value is -0.250. The van der Waals surface area contributed by atoms with Crippen LogP contribution in [0.1, 0.15) is 38.1 Å². The molecule has 1 heterocycles. The summed E-state index contributed by atoms with van der Waals surface area (Å²) in [5, 5.41) is 8.52. The molecule has 0 aromatic carbocycles. The zero-order valence-electron chi connectivity index (χ0n) is 11.7. The second kappa shape index (κ2) is 6.78. The summed E-state index contributed by atoms with van der Waals surface area (Å²) in [7, 11) is 1.92. The minimum Gasteiger partial charge on any atom is -0.311 e. The lowest BCUT2D eigenvalue weighted by Crippen LogP contribution is -2.35. The van der Waals surface area contributed by atoms with Gasteiger partial charge in [0.15, 0.2) is 0 Å². The largest absolute Gasteiger partial charge is 0.311 e. The second-order valence-electron chi connectivity index (χ2n) is 4.91. The molecule has 0 saturated carbocycles. The van der Waals surface area contributed by atoms with Crippen LogP contribution in [0, 0.1) is 12.3 Å². The number of hydrogen-bond acceptors (Lipinski definition) is 2. The Bertz CT molecular complexity index is 376. The molecule has 0 aliphatic heterocycles. The first-order valence-electron chi connectivity index (χ1n) is 6.44. The molecule has 0 amide bonds. The van der Waals surface area contributed by atoms with Crippen molar-refractivity contribution in [3.05, 3.63) is 16.4 Å². The van der Waals surface area contributed by atoms with E-state index in [9.17, 15) is 0 Å². The van der Waals surface area contributed by atoms with E-state index in [-0.39, 0.29) is 5.41 Å². The van der Waals surface area contributed by atoms with Gasteiger partial charge >= 0.3 is 0 Å². The van der Waals surface area contributed by atoms with Gasteiger partial charge in [0.1, 0.15) is 0 Å². The zero-order chi connectivity index (χ0) is 13.8. The number of rotatable bonds is 7. The number of halogens is 2. The van der Waals surface area contributed by atoms with Gasteiger partial charge < -0.3 is 5.32 Å². The SMILES string of the molecule is CCC(CC)(CCl)CNCc1c(Cl)c(C)nn1C. The van der Waals surface area contributed by atoms with Gasteiger partial charge in [0.2, 0.25) is 0 Å². The van der Waals surface area contributed by atoms with Gasteiger partial charge in [-0.05, 0) is 25.2 Å². The van der Waals surface area contributed by atoms with E-state index in [1.54, 1.807) is 0 Å². The van der Waals surface area contributed by atoms with Crippen molar-refractivity contribution in [3.63, 3.8) is 0 Å². The molecule has 0 atom stereocenters. The topological polar surface area (TPSA) is 29.9 Å². The lowest BCUT2D eigenvalue weighted by molar-refractivity contribution is 0.285. The van der Waals surface area contributed by atoms with Crippen LogP contribution in [0.5, 0.6) is 0 Å². The van der Waals surface area contributed by atoms with Gasteiger partial charge in [-0.3, -0.25) is 4.68 Å². The lowest BCUT2D eigenvalue weighted by atomic mass is 9.84. The van der Waals surface area contributed by atoms with Crippen LogP contribution in [-0.2, 0) is 13.6 Å². The molecule has 0 radical (unpaired) electrons. The van der Waals surface area contributed by atoms with Gasteiger partial charge in [-0.25, -0.2) is 0 Å². The Balaban J connectivity index is 2.61. The first-order valence-corrected chi connectivity index (χ1v) is 7.35. The Labute approximate surface area is 120 Å². The maximum absolute atomic E-state index is 6.22. The van der Waals surface area contributed by atoms with Crippen LogP contribution in [0.3, 0.4) is 0 Å². The molecule has 1 aromatic rings. The highest BCUT2D eigenvalue weighted by Crippen LogP contribution is 2.27. The molecule has 0 saturated heterocycles. The standard InChI is InChI=1S/C13H23Cl2N3/c1-5-13(6-2,8-14)9-16-7-11-12(15)10(3)17-18(11)4/h16H,5-9H2,1-4H3. The molecule has 0 aliphatic rings. The number of nitrogens with one attached hydrogen (secondary N) is 1. The maximum Gasteiger partial charge on any atom is 0.0860 e. The van der Waals surface area contributed by atoms with E-state index in [1.807, 2.05) is 18.7 Å². The van der Waals surface area contributed by atoms with Gasteiger partial charge in [0.25, 0.3) is 0 Å². The van der Waals surface area contributed by atoms with Gasteiger partial charge in [0, 0.05) is 26.0 Å². The number of hydrogen-bond donors (Lipinski definition) is 1. The third-order valence-electron chi connectivity index (χ3n) is 3.84. The molecule has 5 heteroatoms. The second-order valence-corrected chi connectivity index (χ2v) is 5.56. The third kappa shape index (κ3) is 3.40. The number of nitrogens with zero attached hydrogens (tertiary/aromatic N) is 2. The van der Waals surface area contributed by atoms with Crippen LogP contribution >= 0.6 is 23.2 Å². The predicted octanol–water partition coefficient (Wildman–Crippen LogP) is 3.52. The fraction of sp³-hybridized carbons (Fsp3) is 0.769. The fourth-order valence-electron chi connectivity index (χ4n) is 2.05. The van der Waals surface area contributed by atoms with Crippen LogP contribution in [0.4, 0.5) is 0 Å². The molecular weight excluding hydrogens is 269 g/mol. The normalized spacial score (nSPS) is 12.1. The average Bonchev–Trinajstić information content (AvgIpc) is 2.61. The van der Waals surface area contributed by atoms with Gasteiger partial charge in [0.05, 0.1) is 16.4 Å². The van der Waals surface area contributed by atoms with E-state index >= 15 is 0 Å². The van der Waals surface area contributed by atoms with Crippen molar-refractivity contribution < 1.29 is 0 Å². The monoisotopic (exact) mass is 291 g/mol. The zero-order valence-corrected chi connectivity index (χ0v) is 13.2.